The summed E-state index contributed by atoms with van der Waals surface area (Å²) in [6.45, 7) is 28.7. The van der Waals surface area contributed by atoms with E-state index in [1.165, 1.54) is 51.5 Å². The number of rotatable bonds is 6. The van der Waals surface area contributed by atoms with Gasteiger partial charge in [0, 0.05) is 20.2 Å². The summed E-state index contributed by atoms with van der Waals surface area (Å²) in [5.74, 6) is 7.42. The molecule has 0 saturated carbocycles. The highest BCUT2D eigenvalue weighted by molar-refractivity contribution is 7.20. The molecule has 3 aromatic carbocycles. The normalized spacial score (nSPS) is 13.0. The van der Waals surface area contributed by atoms with Crippen molar-refractivity contribution >= 4 is 80.5 Å². The summed E-state index contributed by atoms with van der Waals surface area (Å²) in [4.78, 5) is 2.40. The maximum atomic E-state index is 3.94. The minimum atomic E-state index is -1.77. The second-order valence-electron chi connectivity index (χ2n) is 14.7. The van der Waals surface area contributed by atoms with E-state index < -0.39 is 16.1 Å². The summed E-state index contributed by atoms with van der Waals surface area (Å²) in [5.41, 5.74) is 11.7. The average molecular weight is 651 g/mol. The standard InChI is InChI=1S/C40H50S2Si2/c1-25(2)43(26(3)4,27(5)6)21-19-31-23-37-35-13-14-36-34(33(35)15-17-39(37)41-31)16-18-40-38(36)24-32(42-40)20-22-44(28(7)8,29(9)10)30(11)12/h13-18,23-30H,1-12H3. The zero-order valence-electron chi connectivity index (χ0n) is 28.9. The number of benzene rings is 3. The first-order valence-corrected chi connectivity index (χ1v) is 22.7. The van der Waals surface area contributed by atoms with E-state index in [2.05, 4.69) is 155 Å². The number of hydrogen-bond acceptors (Lipinski definition) is 2. The maximum Gasteiger partial charge on any atom is 0.146 e. The summed E-state index contributed by atoms with van der Waals surface area (Å²) < 4.78 is 2.66. The Morgan fingerprint density at radius 2 is 0.682 bits per heavy atom. The molecule has 0 amide bonds. The third kappa shape index (κ3) is 5.41. The fourth-order valence-electron chi connectivity index (χ4n) is 8.59. The lowest BCUT2D eigenvalue weighted by Gasteiger charge is -2.38. The average Bonchev–Trinajstić information content (AvgIpc) is 3.56. The second kappa shape index (κ2) is 12.5. The summed E-state index contributed by atoms with van der Waals surface area (Å²) in [6, 6.07) is 18.7. The highest BCUT2D eigenvalue weighted by Crippen LogP contribution is 2.43. The van der Waals surface area contributed by atoms with Gasteiger partial charge in [-0.1, -0.05) is 119 Å². The van der Waals surface area contributed by atoms with Gasteiger partial charge in [0.1, 0.15) is 16.1 Å². The maximum absolute atomic E-state index is 3.94. The fraction of sp³-hybridized carbons (Fsp3) is 0.450. The summed E-state index contributed by atoms with van der Waals surface area (Å²) in [5, 5.41) is 7.98. The van der Waals surface area contributed by atoms with Gasteiger partial charge < -0.3 is 0 Å². The Kier molecular flexibility index (Phi) is 9.35. The van der Waals surface area contributed by atoms with E-state index in [-0.39, 0.29) is 0 Å². The van der Waals surface area contributed by atoms with Crippen LogP contribution in [0.25, 0.3) is 41.7 Å². The Labute approximate surface area is 276 Å². The smallest absolute Gasteiger partial charge is 0.127 e. The van der Waals surface area contributed by atoms with Gasteiger partial charge in [0.05, 0.1) is 9.75 Å². The fourth-order valence-corrected chi connectivity index (χ4v) is 21.1. The van der Waals surface area contributed by atoms with Gasteiger partial charge in [-0.25, -0.2) is 0 Å². The predicted molar refractivity (Wildman–Crippen MR) is 208 cm³/mol. The van der Waals surface area contributed by atoms with Crippen LogP contribution in [0, 0.1) is 22.9 Å². The molecule has 230 valence electrons. The molecule has 5 rings (SSSR count). The van der Waals surface area contributed by atoms with Crippen molar-refractivity contribution in [1.82, 2.24) is 0 Å². The van der Waals surface area contributed by atoms with Gasteiger partial charge in [0.15, 0.2) is 0 Å². The van der Waals surface area contributed by atoms with Crippen molar-refractivity contribution in [3.63, 3.8) is 0 Å². The van der Waals surface area contributed by atoms with Crippen LogP contribution in [0.4, 0.5) is 0 Å². The Balaban J connectivity index is 1.61. The molecule has 0 saturated heterocycles. The molecular weight excluding hydrogens is 601 g/mol. The first-order chi connectivity index (χ1) is 20.7. The molecule has 0 radical (unpaired) electrons. The van der Waals surface area contributed by atoms with Crippen molar-refractivity contribution in [1.29, 1.82) is 0 Å². The van der Waals surface area contributed by atoms with Crippen molar-refractivity contribution in [3.8, 4) is 22.9 Å². The van der Waals surface area contributed by atoms with Gasteiger partial charge in [-0.05, 0) is 79.1 Å². The van der Waals surface area contributed by atoms with Crippen LogP contribution in [-0.4, -0.2) is 16.1 Å². The molecule has 0 aliphatic rings. The van der Waals surface area contributed by atoms with Gasteiger partial charge in [-0.3, -0.25) is 0 Å². The van der Waals surface area contributed by atoms with Crippen LogP contribution in [-0.2, 0) is 0 Å². The molecule has 0 spiro atoms. The van der Waals surface area contributed by atoms with E-state index in [0.29, 0.717) is 33.2 Å². The number of fused-ring (bicyclic) bond motifs is 7. The molecule has 4 heteroatoms. The topological polar surface area (TPSA) is 0 Å². The summed E-state index contributed by atoms with van der Waals surface area (Å²) in [6.07, 6.45) is 0. The lowest BCUT2D eigenvalue weighted by Crippen LogP contribution is -2.43. The largest absolute Gasteiger partial charge is 0.146 e. The Hall–Kier alpha value is -2.35. The molecule has 0 nitrogen and oxygen atoms in total. The molecule has 2 heterocycles. The third-order valence-electron chi connectivity index (χ3n) is 10.7. The zero-order valence-corrected chi connectivity index (χ0v) is 32.5. The second-order valence-corrected chi connectivity index (χ2v) is 28.1. The molecule has 5 aromatic rings. The highest BCUT2D eigenvalue weighted by atomic mass is 32.1. The van der Waals surface area contributed by atoms with Crippen LogP contribution in [0.1, 0.15) is 92.8 Å². The molecule has 0 fully saturated rings. The molecule has 0 atom stereocenters. The predicted octanol–water partition coefficient (Wildman–Crippen LogP) is 13.6. The van der Waals surface area contributed by atoms with Gasteiger partial charge >= 0.3 is 0 Å². The molecule has 0 aliphatic heterocycles. The Morgan fingerprint density at radius 1 is 0.409 bits per heavy atom. The first kappa shape index (κ1) is 33.0. The first-order valence-electron chi connectivity index (χ1n) is 16.6. The van der Waals surface area contributed by atoms with Crippen molar-refractivity contribution < 1.29 is 0 Å². The Morgan fingerprint density at radius 3 is 0.977 bits per heavy atom. The van der Waals surface area contributed by atoms with E-state index >= 15 is 0 Å². The van der Waals surface area contributed by atoms with E-state index in [0.717, 1.165) is 0 Å². The molecule has 0 N–H and O–H groups in total. The van der Waals surface area contributed by atoms with Crippen molar-refractivity contribution in [2.75, 3.05) is 0 Å². The lowest BCUT2D eigenvalue weighted by atomic mass is 9.98. The number of thiophene rings is 2. The molecule has 44 heavy (non-hydrogen) atoms. The van der Waals surface area contributed by atoms with Crippen LogP contribution < -0.4 is 0 Å². The van der Waals surface area contributed by atoms with Gasteiger partial charge in [0.2, 0.25) is 0 Å². The van der Waals surface area contributed by atoms with Gasteiger partial charge in [-0.15, -0.1) is 33.8 Å². The SMILES string of the molecule is CC(C)[Si](C#Cc1cc2c(ccc3c2ccc2c4cc(C#C[Si](C(C)C)(C(C)C)C(C)C)sc4ccc23)s1)(C(C)C)C(C)C. The highest BCUT2D eigenvalue weighted by Gasteiger charge is 2.42. The van der Waals surface area contributed by atoms with E-state index in [1.807, 2.05) is 22.7 Å². The van der Waals surface area contributed by atoms with Gasteiger partial charge in [-0.2, -0.15) is 0 Å². The van der Waals surface area contributed by atoms with Gasteiger partial charge in [0.25, 0.3) is 0 Å². The minimum Gasteiger partial charge on any atom is -0.127 e. The van der Waals surface area contributed by atoms with Crippen molar-refractivity contribution in [2.45, 2.75) is 116 Å². The molecule has 0 bridgehead atoms. The van der Waals surface area contributed by atoms with Crippen LogP contribution in [0.2, 0.25) is 33.2 Å². The van der Waals surface area contributed by atoms with Crippen molar-refractivity contribution in [2.24, 2.45) is 0 Å². The third-order valence-corrected chi connectivity index (χ3v) is 25.3. The molecule has 0 unspecified atom stereocenters. The molecule has 0 aliphatic carbocycles. The summed E-state index contributed by atoms with van der Waals surface area (Å²) in [7, 11) is -3.54. The van der Waals surface area contributed by atoms with Crippen molar-refractivity contribution in [3.05, 3.63) is 58.3 Å². The van der Waals surface area contributed by atoms with E-state index in [1.54, 1.807) is 0 Å². The number of hydrogen-bond donors (Lipinski definition) is 0. The quantitative estimate of drug-likeness (QED) is 0.0974. The van der Waals surface area contributed by atoms with E-state index in [4.69, 9.17) is 0 Å². The van der Waals surface area contributed by atoms with Crippen LogP contribution in [0.5, 0.6) is 0 Å². The lowest BCUT2D eigenvalue weighted by molar-refractivity contribution is 0.838. The summed E-state index contributed by atoms with van der Waals surface area (Å²) >= 11 is 3.70. The monoisotopic (exact) mass is 650 g/mol. The van der Waals surface area contributed by atoms with Crippen LogP contribution >= 0.6 is 22.7 Å². The molecule has 2 aromatic heterocycles. The molecular formula is C40H50S2Si2. The zero-order chi connectivity index (χ0) is 32.1. The minimum absolute atomic E-state index is 0.641. The van der Waals surface area contributed by atoms with Crippen LogP contribution in [0.15, 0.2) is 48.5 Å². The Bertz CT molecular complexity index is 1770. The van der Waals surface area contributed by atoms with E-state index in [9.17, 15) is 0 Å². The van der Waals surface area contributed by atoms with Crippen LogP contribution in [0.3, 0.4) is 0 Å².